The summed E-state index contributed by atoms with van der Waals surface area (Å²) in [7, 11) is 0. The number of hydrogen-bond donors (Lipinski definition) is 2. The normalized spacial score (nSPS) is 23.2. The van der Waals surface area contributed by atoms with E-state index >= 15 is 0 Å². The molecular formula is C31H23N5O. The highest BCUT2D eigenvalue weighted by Crippen LogP contribution is 2.63. The van der Waals surface area contributed by atoms with E-state index in [9.17, 15) is 10.1 Å². The third-order valence-electron chi connectivity index (χ3n) is 8.20. The van der Waals surface area contributed by atoms with Gasteiger partial charge in [0.15, 0.2) is 5.82 Å². The summed E-state index contributed by atoms with van der Waals surface area (Å²) in [5, 5.41) is 23.0. The number of hydrogen-bond acceptors (Lipinski definition) is 4. The molecule has 1 heterocycles. The van der Waals surface area contributed by atoms with E-state index in [0.29, 0.717) is 12.2 Å². The Kier molecular flexibility index (Phi) is 4.43. The van der Waals surface area contributed by atoms with Crippen LogP contribution in [0.15, 0.2) is 91.0 Å². The second-order valence-electron chi connectivity index (χ2n) is 10.2. The van der Waals surface area contributed by atoms with Gasteiger partial charge in [-0.1, -0.05) is 91.0 Å². The SMILES string of the molecule is CC1(C(=O)Nc2n[nH]c(-c3cccc4ccccc34)n2)CC2(C#N)c3ccccc3C1c1ccccc12. The van der Waals surface area contributed by atoms with Crippen LogP contribution in [-0.2, 0) is 10.2 Å². The smallest absolute Gasteiger partial charge is 0.249 e. The molecule has 6 nitrogen and oxygen atoms in total. The van der Waals surface area contributed by atoms with E-state index in [0.717, 1.165) is 38.6 Å². The van der Waals surface area contributed by atoms with E-state index in [1.54, 1.807) is 0 Å². The maximum absolute atomic E-state index is 14.0. The molecule has 37 heavy (non-hydrogen) atoms. The van der Waals surface area contributed by atoms with Crippen LogP contribution in [0.3, 0.4) is 0 Å². The van der Waals surface area contributed by atoms with Crippen LogP contribution < -0.4 is 5.32 Å². The zero-order chi connectivity index (χ0) is 25.2. The predicted molar refractivity (Wildman–Crippen MR) is 142 cm³/mol. The monoisotopic (exact) mass is 481 g/mol. The molecule has 0 fully saturated rings. The van der Waals surface area contributed by atoms with Gasteiger partial charge in [-0.05, 0) is 46.4 Å². The molecule has 0 saturated carbocycles. The lowest BCUT2D eigenvalue weighted by atomic mass is 9.47. The summed E-state index contributed by atoms with van der Waals surface area (Å²) in [6, 6.07) is 32.8. The van der Waals surface area contributed by atoms with E-state index in [-0.39, 0.29) is 17.8 Å². The van der Waals surface area contributed by atoms with Crippen molar-refractivity contribution >= 4 is 22.6 Å². The molecule has 0 aliphatic heterocycles. The van der Waals surface area contributed by atoms with Gasteiger partial charge >= 0.3 is 0 Å². The van der Waals surface area contributed by atoms with Crippen molar-refractivity contribution in [3.63, 3.8) is 0 Å². The first-order valence-electron chi connectivity index (χ1n) is 12.4. The number of fused-ring (bicyclic) bond motifs is 2. The summed E-state index contributed by atoms with van der Waals surface area (Å²) in [6.07, 6.45) is 0.391. The largest absolute Gasteiger partial charge is 0.293 e. The number of nitrogens with zero attached hydrogens (tertiary/aromatic N) is 3. The number of benzene rings is 4. The third kappa shape index (κ3) is 2.88. The second-order valence-corrected chi connectivity index (χ2v) is 10.2. The van der Waals surface area contributed by atoms with Crippen molar-refractivity contribution in [2.75, 3.05) is 5.32 Å². The molecule has 8 rings (SSSR count). The Bertz CT molecular complexity index is 1710. The molecular weight excluding hydrogens is 458 g/mol. The molecule has 3 aliphatic carbocycles. The minimum Gasteiger partial charge on any atom is -0.293 e. The van der Waals surface area contributed by atoms with Crippen molar-refractivity contribution in [3.05, 3.63) is 113 Å². The molecule has 1 aromatic heterocycles. The maximum atomic E-state index is 14.0. The predicted octanol–water partition coefficient (Wildman–Crippen LogP) is 5.93. The van der Waals surface area contributed by atoms with Crippen LogP contribution in [0.1, 0.15) is 41.5 Å². The van der Waals surface area contributed by atoms with Gasteiger partial charge in [-0.2, -0.15) is 10.2 Å². The van der Waals surface area contributed by atoms with Crippen molar-refractivity contribution in [1.82, 2.24) is 15.2 Å². The number of aromatic nitrogens is 3. The van der Waals surface area contributed by atoms with Gasteiger partial charge in [0, 0.05) is 11.5 Å². The molecule has 1 amide bonds. The third-order valence-corrected chi connectivity index (χ3v) is 8.20. The molecule has 5 aromatic rings. The summed E-state index contributed by atoms with van der Waals surface area (Å²) >= 11 is 0. The summed E-state index contributed by atoms with van der Waals surface area (Å²) < 4.78 is 0. The number of H-pyrrole nitrogens is 1. The molecule has 0 spiro atoms. The fraction of sp³-hybridized carbons (Fsp3) is 0.161. The lowest BCUT2D eigenvalue weighted by molar-refractivity contribution is -0.127. The standard InChI is InChI=1S/C31H23N5O/c1-30(17-31(18-32)24-15-6-4-12-22(24)26(30)23-13-5-7-16-25(23)31)28(37)34-29-33-27(35-36-29)21-14-8-10-19-9-2-3-11-20(19)21/h2-16,26H,17H2,1H3,(H2,33,34,35,36,37). The molecule has 1 atom stereocenters. The number of carbonyl (C=O) groups excluding carboxylic acids is 1. The van der Waals surface area contributed by atoms with Crippen LogP contribution in [-0.4, -0.2) is 21.1 Å². The quantitative estimate of drug-likeness (QED) is 0.334. The molecule has 2 N–H and O–H groups in total. The van der Waals surface area contributed by atoms with Crippen molar-refractivity contribution in [1.29, 1.82) is 5.26 Å². The van der Waals surface area contributed by atoms with Crippen LogP contribution in [0.4, 0.5) is 5.95 Å². The van der Waals surface area contributed by atoms with E-state index in [1.165, 1.54) is 0 Å². The van der Waals surface area contributed by atoms with Gasteiger partial charge in [0.25, 0.3) is 0 Å². The van der Waals surface area contributed by atoms with Gasteiger partial charge in [0.1, 0.15) is 5.41 Å². The molecule has 4 aromatic carbocycles. The first kappa shape index (κ1) is 21.5. The minimum atomic E-state index is -0.888. The van der Waals surface area contributed by atoms with Gasteiger partial charge in [0.2, 0.25) is 11.9 Å². The van der Waals surface area contributed by atoms with Crippen molar-refractivity contribution in [2.45, 2.75) is 24.7 Å². The topological polar surface area (TPSA) is 94.5 Å². The highest BCUT2D eigenvalue weighted by molar-refractivity contribution is 5.98. The molecule has 178 valence electrons. The summed E-state index contributed by atoms with van der Waals surface area (Å²) in [6.45, 7) is 1.96. The zero-order valence-corrected chi connectivity index (χ0v) is 20.2. The molecule has 6 heteroatoms. The highest BCUT2D eigenvalue weighted by atomic mass is 16.2. The van der Waals surface area contributed by atoms with Crippen LogP contribution in [0, 0.1) is 16.7 Å². The van der Waals surface area contributed by atoms with E-state index in [2.05, 4.69) is 50.8 Å². The summed E-state index contributed by atoms with van der Waals surface area (Å²) in [5.41, 5.74) is 3.25. The van der Waals surface area contributed by atoms with E-state index < -0.39 is 10.8 Å². The number of aromatic amines is 1. The van der Waals surface area contributed by atoms with Gasteiger partial charge < -0.3 is 0 Å². The van der Waals surface area contributed by atoms with E-state index in [1.807, 2.05) is 73.7 Å². The van der Waals surface area contributed by atoms with Crippen molar-refractivity contribution < 1.29 is 4.79 Å². The Morgan fingerprint density at radius 1 is 0.946 bits per heavy atom. The maximum Gasteiger partial charge on any atom is 0.249 e. The number of amides is 1. The molecule has 0 radical (unpaired) electrons. The molecule has 1 unspecified atom stereocenters. The first-order chi connectivity index (χ1) is 18.0. The average Bonchev–Trinajstić information content (AvgIpc) is 3.41. The Hall–Kier alpha value is -4.76. The molecule has 3 aliphatic rings. The van der Waals surface area contributed by atoms with Crippen LogP contribution in [0.25, 0.3) is 22.2 Å². The Labute approximate surface area is 214 Å². The lowest BCUT2D eigenvalue weighted by Gasteiger charge is -2.54. The average molecular weight is 482 g/mol. The lowest BCUT2D eigenvalue weighted by Crippen LogP contribution is -2.53. The highest BCUT2D eigenvalue weighted by Gasteiger charge is 2.61. The first-order valence-corrected chi connectivity index (χ1v) is 12.4. The number of nitrogens with one attached hydrogen (secondary N) is 2. The number of anilines is 1. The van der Waals surface area contributed by atoms with Crippen LogP contribution in [0.5, 0.6) is 0 Å². The number of carbonyl (C=O) groups is 1. The van der Waals surface area contributed by atoms with E-state index in [4.69, 9.17) is 0 Å². The minimum absolute atomic E-state index is 0.174. The molecule has 0 saturated heterocycles. The summed E-state index contributed by atoms with van der Waals surface area (Å²) in [5.74, 6) is 0.450. The summed E-state index contributed by atoms with van der Waals surface area (Å²) in [4.78, 5) is 18.6. The van der Waals surface area contributed by atoms with Crippen molar-refractivity contribution in [3.8, 4) is 17.5 Å². The van der Waals surface area contributed by atoms with Gasteiger partial charge in [-0.15, -0.1) is 5.10 Å². The van der Waals surface area contributed by atoms with Gasteiger partial charge in [0.05, 0.1) is 11.5 Å². The van der Waals surface area contributed by atoms with Gasteiger partial charge in [-0.3, -0.25) is 15.2 Å². The Morgan fingerprint density at radius 2 is 1.59 bits per heavy atom. The fourth-order valence-corrected chi connectivity index (χ4v) is 6.60. The van der Waals surface area contributed by atoms with Crippen LogP contribution in [0.2, 0.25) is 0 Å². The second kappa shape index (κ2) is 7.62. The Balaban J connectivity index is 1.28. The zero-order valence-electron chi connectivity index (χ0n) is 20.2. The van der Waals surface area contributed by atoms with Crippen molar-refractivity contribution in [2.24, 2.45) is 5.41 Å². The van der Waals surface area contributed by atoms with Gasteiger partial charge in [-0.25, -0.2) is 0 Å². The fourth-order valence-electron chi connectivity index (χ4n) is 6.60. The Morgan fingerprint density at radius 3 is 2.32 bits per heavy atom. The molecule has 2 bridgehead atoms. The number of rotatable bonds is 3. The van der Waals surface area contributed by atoms with Crippen LogP contribution >= 0.6 is 0 Å². The number of nitriles is 1.